The smallest absolute Gasteiger partial charge is 0.335 e. The minimum Gasteiger partial charge on any atom is -0.492 e. The van der Waals surface area contributed by atoms with Gasteiger partial charge in [-0.15, -0.1) is 0 Å². The maximum absolute atomic E-state index is 14.1. The van der Waals surface area contributed by atoms with Gasteiger partial charge in [-0.3, -0.25) is 4.98 Å². The predicted octanol–water partition coefficient (Wildman–Crippen LogP) is 5.94. The first kappa shape index (κ1) is 26.8. The van der Waals surface area contributed by atoms with Crippen LogP contribution >= 0.6 is 0 Å². The monoisotopic (exact) mass is 492 g/mol. The summed E-state index contributed by atoms with van der Waals surface area (Å²) in [7, 11) is 0. The molecule has 35 heavy (non-hydrogen) atoms. The number of nitrogens with one attached hydrogen (secondary N) is 1. The van der Waals surface area contributed by atoms with Crippen molar-refractivity contribution in [1.29, 1.82) is 0 Å². The van der Waals surface area contributed by atoms with Crippen LogP contribution in [0.3, 0.4) is 0 Å². The molecule has 0 atom stereocenters. The predicted molar refractivity (Wildman–Crippen MR) is 128 cm³/mol. The first-order valence-electron chi connectivity index (χ1n) is 12.0. The second-order valence-electron chi connectivity index (χ2n) is 8.85. The number of hydrogen-bond donors (Lipinski definition) is 1. The van der Waals surface area contributed by atoms with Crippen molar-refractivity contribution in [2.24, 2.45) is 11.8 Å². The van der Waals surface area contributed by atoms with Gasteiger partial charge in [0.15, 0.2) is 0 Å². The maximum atomic E-state index is 14.1. The van der Waals surface area contributed by atoms with Gasteiger partial charge in [0, 0.05) is 31.6 Å². The van der Waals surface area contributed by atoms with Crippen LogP contribution in [0.15, 0.2) is 30.6 Å². The number of carbonyl (C=O) groups is 1. The Morgan fingerprint density at radius 3 is 2.66 bits per heavy atom. The van der Waals surface area contributed by atoms with Crippen molar-refractivity contribution in [3.8, 4) is 16.9 Å². The molecule has 3 rings (SSSR count). The number of halogens is 2. The summed E-state index contributed by atoms with van der Waals surface area (Å²) in [5.41, 5.74) is 4.51. The molecule has 1 aliphatic heterocycles. The molecule has 0 spiro atoms. The van der Waals surface area contributed by atoms with E-state index in [2.05, 4.69) is 24.3 Å². The molecular weight excluding hydrogens is 458 g/mol. The van der Waals surface area contributed by atoms with Crippen molar-refractivity contribution in [3.05, 3.63) is 41.7 Å². The number of carbonyl (C=O) groups excluding carboxylic acids is 1. The van der Waals surface area contributed by atoms with Crippen molar-refractivity contribution >= 4 is 11.7 Å². The fourth-order valence-corrected chi connectivity index (χ4v) is 3.83. The Balaban J connectivity index is 1.86. The molecule has 1 N–H and O–H groups in total. The van der Waals surface area contributed by atoms with Gasteiger partial charge in [-0.2, -0.15) is 0 Å². The van der Waals surface area contributed by atoms with Gasteiger partial charge < -0.3 is 19.0 Å². The molecule has 2 heterocycles. The van der Waals surface area contributed by atoms with E-state index in [1.54, 1.807) is 25.1 Å². The molecule has 1 aromatic heterocycles. The second-order valence-corrected chi connectivity index (χ2v) is 8.85. The molecule has 0 radical (unpaired) electrons. The van der Waals surface area contributed by atoms with Crippen molar-refractivity contribution < 1.29 is 32.6 Å². The molecule has 1 fully saturated rings. The standard InChI is InChI=1S/C26H34F2N2O5/c1-4-34-23-15-29-14-22(24(23)25(27)28)21-6-5-20(13-19(21)16-33-10-7-17(2)3)30-35-26(31)18-8-11-32-12-9-18/h5-6,13-15,17-18,25,30H,4,7-12,16H2,1-3H3. The third kappa shape index (κ3) is 7.60. The number of nitrogens with zero attached hydrogens (tertiary/aromatic N) is 1. The second kappa shape index (κ2) is 13.3. The normalized spacial score (nSPS) is 14.4. The first-order valence-corrected chi connectivity index (χ1v) is 12.0. The molecule has 2 aromatic rings. The average Bonchev–Trinajstić information content (AvgIpc) is 2.85. The fourth-order valence-electron chi connectivity index (χ4n) is 3.83. The lowest BCUT2D eigenvalue weighted by Crippen LogP contribution is -2.26. The van der Waals surface area contributed by atoms with Crippen molar-refractivity contribution in [1.82, 2.24) is 4.98 Å². The summed E-state index contributed by atoms with van der Waals surface area (Å²) in [6, 6.07) is 5.11. The van der Waals surface area contributed by atoms with E-state index in [0.717, 1.165) is 6.42 Å². The molecule has 1 aromatic carbocycles. The lowest BCUT2D eigenvalue weighted by atomic mass is 9.96. The molecule has 7 nitrogen and oxygen atoms in total. The Bertz CT molecular complexity index is 965. The molecule has 0 bridgehead atoms. The van der Waals surface area contributed by atoms with E-state index in [1.165, 1.54) is 12.4 Å². The average molecular weight is 493 g/mol. The molecule has 192 valence electrons. The largest absolute Gasteiger partial charge is 0.492 e. The van der Waals surface area contributed by atoms with Crippen LogP contribution in [-0.2, 0) is 25.7 Å². The van der Waals surface area contributed by atoms with E-state index in [9.17, 15) is 13.6 Å². The van der Waals surface area contributed by atoms with E-state index < -0.39 is 6.43 Å². The summed E-state index contributed by atoms with van der Waals surface area (Å²) < 4.78 is 44.7. The molecule has 9 heteroatoms. The highest BCUT2D eigenvalue weighted by Gasteiger charge is 2.24. The maximum Gasteiger partial charge on any atom is 0.335 e. The molecular formula is C26H34F2N2O5. The van der Waals surface area contributed by atoms with Crippen LogP contribution in [0.2, 0.25) is 0 Å². The molecule has 1 aliphatic rings. The highest BCUT2D eigenvalue weighted by atomic mass is 19.3. The number of rotatable bonds is 12. The first-order chi connectivity index (χ1) is 16.9. The van der Waals surface area contributed by atoms with Gasteiger partial charge in [0.05, 0.1) is 36.6 Å². The summed E-state index contributed by atoms with van der Waals surface area (Å²) in [6.07, 6.45) is 2.08. The lowest BCUT2D eigenvalue weighted by molar-refractivity contribution is -0.148. The van der Waals surface area contributed by atoms with E-state index in [1.807, 2.05) is 0 Å². The van der Waals surface area contributed by atoms with Crippen molar-refractivity contribution in [2.45, 2.75) is 53.1 Å². The van der Waals surface area contributed by atoms with Gasteiger partial charge in [0.25, 0.3) is 6.43 Å². The SMILES string of the molecule is CCOc1cncc(-c2ccc(NOC(=O)C3CCOCC3)cc2COCCC(C)C)c1C(F)F. The van der Waals surface area contributed by atoms with Gasteiger partial charge in [0.2, 0.25) is 0 Å². The highest BCUT2D eigenvalue weighted by Crippen LogP contribution is 2.39. The quantitative estimate of drug-likeness (QED) is 0.290. The lowest BCUT2D eigenvalue weighted by Gasteiger charge is -2.21. The zero-order valence-corrected chi connectivity index (χ0v) is 20.5. The van der Waals surface area contributed by atoms with Crippen LogP contribution < -0.4 is 10.2 Å². The Kier molecular flexibility index (Phi) is 10.2. The van der Waals surface area contributed by atoms with Gasteiger partial charge in [0.1, 0.15) is 5.75 Å². The van der Waals surface area contributed by atoms with E-state index in [4.69, 9.17) is 19.0 Å². The van der Waals surface area contributed by atoms with Crippen LogP contribution in [0.1, 0.15) is 57.6 Å². The van der Waals surface area contributed by atoms with E-state index in [-0.39, 0.29) is 42.0 Å². The summed E-state index contributed by atoms with van der Waals surface area (Å²) in [5.74, 6) is -0.0279. The summed E-state index contributed by atoms with van der Waals surface area (Å²) in [6.45, 7) is 7.99. The molecule has 0 aliphatic carbocycles. The topological polar surface area (TPSA) is 78.9 Å². The Hall–Kier alpha value is -2.78. The van der Waals surface area contributed by atoms with Gasteiger partial charge in [-0.05, 0) is 55.4 Å². The number of anilines is 1. The zero-order valence-electron chi connectivity index (χ0n) is 20.5. The highest BCUT2D eigenvalue weighted by molar-refractivity contribution is 5.76. The van der Waals surface area contributed by atoms with E-state index >= 15 is 0 Å². The number of pyridine rings is 1. The minimum absolute atomic E-state index is 0.0549. The molecule has 1 saturated heterocycles. The van der Waals surface area contributed by atoms with Gasteiger partial charge in [-0.1, -0.05) is 19.9 Å². The number of ether oxygens (including phenoxy) is 3. The summed E-state index contributed by atoms with van der Waals surface area (Å²) in [4.78, 5) is 21.8. The van der Waals surface area contributed by atoms with Crippen LogP contribution in [0.4, 0.5) is 14.5 Å². The zero-order chi connectivity index (χ0) is 25.2. The number of aromatic nitrogens is 1. The van der Waals surface area contributed by atoms with Gasteiger partial charge in [-0.25, -0.2) is 19.1 Å². The van der Waals surface area contributed by atoms with Gasteiger partial charge >= 0.3 is 5.97 Å². The Morgan fingerprint density at radius 1 is 1.20 bits per heavy atom. The summed E-state index contributed by atoms with van der Waals surface area (Å²) in [5, 5.41) is 0. The van der Waals surface area contributed by atoms with E-state index in [0.29, 0.717) is 55.4 Å². The van der Waals surface area contributed by atoms with Crippen LogP contribution in [0, 0.1) is 11.8 Å². The number of hydrogen-bond acceptors (Lipinski definition) is 7. The molecule has 0 saturated carbocycles. The van der Waals surface area contributed by atoms with Crippen molar-refractivity contribution in [2.75, 3.05) is 31.9 Å². The van der Waals surface area contributed by atoms with Crippen LogP contribution in [0.5, 0.6) is 5.75 Å². The third-order valence-corrected chi connectivity index (χ3v) is 5.79. The minimum atomic E-state index is -2.75. The summed E-state index contributed by atoms with van der Waals surface area (Å²) >= 11 is 0. The molecule has 0 unspecified atom stereocenters. The number of benzene rings is 1. The van der Waals surface area contributed by atoms with Crippen molar-refractivity contribution in [3.63, 3.8) is 0 Å². The fraction of sp³-hybridized carbons (Fsp3) is 0.538. The Morgan fingerprint density at radius 2 is 1.97 bits per heavy atom. The third-order valence-electron chi connectivity index (χ3n) is 5.79. The number of alkyl halides is 2. The van der Waals surface area contributed by atoms with Crippen LogP contribution in [0.25, 0.3) is 11.1 Å². The van der Waals surface area contributed by atoms with Crippen LogP contribution in [-0.4, -0.2) is 37.4 Å². The molecule has 0 amide bonds. The Labute approximate surface area is 205 Å².